The van der Waals surface area contributed by atoms with Crippen LogP contribution in [-0.4, -0.2) is 19.0 Å². The first-order chi connectivity index (χ1) is 12.1. The van der Waals surface area contributed by atoms with Crippen molar-refractivity contribution in [3.63, 3.8) is 0 Å². The molecule has 2 aromatic rings. The molecular weight excluding hydrogens is 347 g/mol. The number of nitrogens with one attached hydrogen (secondary N) is 1. The average molecular weight is 365 g/mol. The Morgan fingerprint density at radius 3 is 2.23 bits per heavy atom. The Morgan fingerprint density at radius 2 is 1.69 bits per heavy atom. The second kappa shape index (κ2) is 7.59. The number of methoxy groups -OCH3 is 1. The largest absolute Gasteiger partial charge is 0.465 e. The topological polar surface area (TPSA) is 55.4 Å². The number of carbonyl (C=O) groups is 2. The Kier molecular flexibility index (Phi) is 5.69. The number of ether oxygens (including phenoxy) is 1. The molecule has 0 bridgehead atoms. The van der Waals surface area contributed by atoms with Crippen LogP contribution in [0.25, 0.3) is 0 Å². The van der Waals surface area contributed by atoms with Crippen molar-refractivity contribution in [3.8, 4) is 0 Å². The van der Waals surface area contributed by atoms with Gasteiger partial charge in [-0.15, -0.1) is 0 Å². The lowest BCUT2D eigenvalue weighted by Crippen LogP contribution is -2.23. The van der Waals surface area contributed by atoms with Crippen LogP contribution in [0.2, 0.25) is 0 Å². The zero-order valence-corrected chi connectivity index (χ0v) is 14.5. The van der Waals surface area contributed by atoms with Crippen molar-refractivity contribution in [2.45, 2.75) is 26.6 Å². The normalized spacial score (nSPS) is 11.2. The summed E-state index contributed by atoms with van der Waals surface area (Å²) in [6.45, 7) is 3.32. The number of esters is 1. The molecule has 0 saturated carbocycles. The smallest absolute Gasteiger partial charge is 0.416 e. The molecule has 4 nitrogen and oxygen atoms in total. The summed E-state index contributed by atoms with van der Waals surface area (Å²) < 4.78 is 42.9. The van der Waals surface area contributed by atoms with Gasteiger partial charge < -0.3 is 10.1 Å². The third-order valence-corrected chi connectivity index (χ3v) is 3.89. The molecule has 0 saturated heterocycles. The van der Waals surface area contributed by atoms with Crippen LogP contribution >= 0.6 is 0 Å². The highest BCUT2D eigenvalue weighted by Gasteiger charge is 2.30. The minimum absolute atomic E-state index is 0.0421. The van der Waals surface area contributed by atoms with E-state index in [0.717, 1.165) is 12.1 Å². The van der Waals surface area contributed by atoms with E-state index in [-0.39, 0.29) is 6.54 Å². The van der Waals surface area contributed by atoms with E-state index in [4.69, 9.17) is 4.74 Å². The van der Waals surface area contributed by atoms with Crippen molar-refractivity contribution in [2.24, 2.45) is 0 Å². The lowest BCUT2D eigenvalue weighted by molar-refractivity contribution is -0.137. The molecule has 1 N–H and O–H groups in total. The Labute approximate surface area is 149 Å². The second-order valence-corrected chi connectivity index (χ2v) is 5.86. The number of hydrogen-bond acceptors (Lipinski definition) is 3. The lowest BCUT2D eigenvalue weighted by atomic mass is 9.99. The van der Waals surface area contributed by atoms with Gasteiger partial charge in [-0.3, -0.25) is 4.79 Å². The fourth-order valence-electron chi connectivity index (χ4n) is 2.66. The SMILES string of the molecule is COC(=O)c1c(C)cc(C(=O)NCc2cccc(C(F)(F)F)c2)cc1C. The van der Waals surface area contributed by atoms with Crippen molar-refractivity contribution in [2.75, 3.05) is 7.11 Å². The summed E-state index contributed by atoms with van der Waals surface area (Å²) in [6, 6.07) is 7.86. The molecule has 26 heavy (non-hydrogen) atoms. The summed E-state index contributed by atoms with van der Waals surface area (Å²) in [6.07, 6.45) is -4.43. The summed E-state index contributed by atoms with van der Waals surface area (Å²) in [4.78, 5) is 24.1. The second-order valence-electron chi connectivity index (χ2n) is 5.86. The molecule has 0 fully saturated rings. The van der Waals surface area contributed by atoms with Crippen molar-refractivity contribution in [1.29, 1.82) is 0 Å². The molecule has 0 atom stereocenters. The molecular formula is C19H18F3NO3. The van der Waals surface area contributed by atoms with Crippen LogP contribution in [0.15, 0.2) is 36.4 Å². The van der Waals surface area contributed by atoms with E-state index in [2.05, 4.69) is 5.32 Å². The zero-order chi connectivity index (χ0) is 19.5. The summed E-state index contributed by atoms with van der Waals surface area (Å²) in [5.74, 6) is -0.930. The predicted octanol–water partition coefficient (Wildman–Crippen LogP) is 4.04. The van der Waals surface area contributed by atoms with Gasteiger partial charge in [0, 0.05) is 12.1 Å². The van der Waals surface area contributed by atoms with Gasteiger partial charge >= 0.3 is 12.1 Å². The van der Waals surface area contributed by atoms with E-state index >= 15 is 0 Å². The van der Waals surface area contributed by atoms with E-state index in [1.807, 2.05) is 0 Å². The Hall–Kier alpha value is -2.83. The summed E-state index contributed by atoms with van der Waals surface area (Å²) in [5.41, 5.74) is 1.45. The van der Waals surface area contributed by atoms with E-state index in [0.29, 0.717) is 27.8 Å². The van der Waals surface area contributed by atoms with Crippen LogP contribution in [0.5, 0.6) is 0 Å². The highest BCUT2D eigenvalue weighted by atomic mass is 19.4. The van der Waals surface area contributed by atoms with Crippen LogP contribution in [0.1, 0.15) is 43.0 Å². The highest BCUT2D eigenvalue weighted by Crippen LogP contribution is 2.29. The zero-order valence-electron chi connectivity index (χ0n) is 14.5. The molecule has 0 aromatic heterocycles. The summed E-state index contributed by atoms with van der Waals surface area (Å²) in [7, 11) is 1.27. The van der Waals surface area contributed by atoms with Gasteiger partial charge in [-0.25, -0.2) is 4.79 Å². The molecule has 0 aliphatic carbocycles. The van der Waals surface area contributed by atoms with Gasteiger partial charge in [0.15, 0.2) is 0 Å². The lowest BCUT2D eigenvalue weighted by Gasteiger charge is -2.12. The third-order valence-electron chi connectivity index (χ3n) is 3.89. The molecule has 0 spiro atoms. The van der Waals surface area contributed by atoms with Crippen LogP contribution in [-0.2, 0) is 17.5 Å². The van der Waals surface area contributed by atoms with Gasteiger partial charge in [0.1, 0.15) is 0 Å². The number of carbonyl (C=O) groups excluding carboxylic acids is 2. The van der Waals surface area contributed by atoms with E-state index < -0.39 is 23.6 Å². The fraction of sp³-hybridized carbons (Fsp3) is 0.263. The van der Waals surface area contributed by atoms with Crippen molar-refractivity contribution in [1.82, 2.24) is 5.32 Å². The number of aryl methyl sites for hydroxylation is 2. The van der Waals surface area contributed by atoms with Crippen molar-refractivity contribution >= 4 is 11.9 Å². The number of hydrogen-bond donors (Lipinski definition) is 1. The van der Waals surface area contributed by atoms with Gasteiger partial charge in [-0.1, -0.05) is 12.1 Å². The van der Waals surface area contributed by atoms with Crippen LogP contribution in [0.4, 0.5) is 13.2 Å². The average Bonchev–Trinajstić information content (AvgIpc) is 2.58. The number of amides is 1. The van der Waals surface area contributed by atoms with Gasteiger partial charge in [-0.05, 0) is 54.8 Å². The van der Waals surface area contributed by atoms with Crippen LogP contribution in [0.3, 0.4) is 0 Å². The van der Waals surface area contributed by atoms with Gasteiger partial charge in [0.05, 0.1) is 18.2 Å². The minimum Gasteiger partial charge on any atom is -0.465 e. The van der Waals surface area contributed by atoms with E-state index in [1.165, 1.54) is 19.2 Å². The first-order valence-corrected chi connectivity index (χ1v) is 7.77. The highest BCUT2D eigenvalue weighted by molar-refractivity contribution is 5.98. The molecule has 0 unspecified atom stereocenters. The molecule has 0 aliphatic heterocycles. The molecule has 0 heterocycles. The van der Waals surface area contributed by atoms with Crippen LogP contribution in [0, 0.1) is 13.8 Å². The van der Waals surface area contributed by atoms with Gasteiger partial charge in [-0.2, -0.15) is 13.2 Å². The number of alkyl halides is 3. The van der Waals surface area contributed by atoms with E-state index in [9.17, 15) is 22.8 Å². The Morgan fingerprint density at radius 1 is 1.08 bits per heavy atom. The molecule has 0 radical (unpaired) electrons. The van der Waals surface area contributed by atoms with Gasteiger partial charge in [0.25, 0.3) is 5.91 Å². The predicted molar refractivity (Wildman–Crippen MR) is 89.9 cm³/mol. The summed E-state index contributed by atoms with van der Waals surface area (Å²) >= 11 is 0. The number of benzene rings is 2. The van der Waals surface area contributed by atoms with Crippen molar-refractivity contribution in [3.05, 3.63) is 69.8 Å². The number of rotatable bonds is 4. The number of halogens is 3. The Balaban J connectivity index is 2.15. The maximum atomic E-state index is 12.7. The molecule has 0 aliphatic rings. The first kappa shape index (κ1) is 19.5. The first-order valence-electron chi connectivity index (χ1n) is 7.77. The molecule has 138 valence electrons. The Bertz CT molecular complexity index is 821. The molecule has 7 heteroatoms. The monoisotopic (exact) mass is 365 g/mol. The maximum Gasteiger partial charge on any atom is 0.416 e. The van der Waals surface area contributed by atoms with Crippen LogP contribution < -0.4 is 5.32 Å². The quantitative estimate of drug-likeness (QED) is 0.832. The maximum absolute atomic E-state index is 12.7. The molecule has 2 aromatic carbocycles. The van der Waals surface area contributed by atoms with Crippen molar-refractivity contribution < 1.29 is 27.5 Å². The fourth-order valence-corrected chi connectivity index (χ4v) is 2.66. The standard InChI is InChI=1S/C19H18F3NO3/c1-11-7-14(8-12(2)16(11)18(25)26-3)17(24)23-10-13-5-4-6-15(9-13)19(20,21)22/h4-9H,10H2,1-3H3,(H,23,24). The third kappa shape index (κ3) is 4.41. The molecule has 1 amide bonds. The minimum atomic E-state index is -4.43. The molecule has 2 rings (SSSR count). The summed E-state index contributed by atoms with van der Waals surface area (Å²) in [5, 5.41) is 2.59. The van der Waals surface area contributed by atoms with Gasteiger partial charge in [0.2, 0.25) is 0 Å². The van der Waals surface area contributed by atoms with E-state index in [1.54, 1.807) is 26.0 Å².